The van der Waals surface area contributed by atoms with Crippen molar-refractivity contribution in [3.63, 3.8) is 0 Å². The van der Waals surface area contributed by atoms with Crippen LogP contribution in [-0.4, -0.2) is 103 Å². The molecule has 228 valence electrons. The van der Waals surface area contributed by atoms with Crippen molar-refractivity contribution in [3.8, 4) is 0 Å². The first-order valence-electron chi connectivity index (χ1n) is 13.9. The average molecular weight is 595 g/mol. The van der Waals surface area contributed by atoms with Crippen LogP contribution in [0.5, 0.6) is 0 Å². The van der Waals surface area contributed by atoms with E-state index in [4.69, 9.17) is 4.74 Å². The maximum atomic E-state index is 13.5. The lowest BCUT2D eigenvalue weighted by molar-refractivity contribution is -0.149. The van der Waals surface area contributed by atoms with Crippen LogP contribution in [0.15, 0.2) is 30.3 Å². The number of likely N-dealkylation sites (tertiary alicyclic amines) is 2. The summed E-state index contributed by atoms with van der Waals surface area (Å²) < 4.78 is 33.9. The van der Waals surface area contributed by atoms with E-state index in [1.165, 1.54) is 4.90 Å². The largest absolute Gasteiger partial charge is 0.480 e. The molecule has 2 saturated heterocycles. The fourth-order valence-electron chi connectivity index (χ4n) is 5.16. The molecule has 1 aromatic rings. The average Bonchev–Trinajstić information content (AvgIpc) is 3.38. The summed E-state index contributed by atoms with van der Waals surface area (Å²) >= 11 is 0. The molecule has 1 aromatic carbocycles. The minimum Gasteiger partial charge on any atom is -0.480 e. The summed E-state index contributed by atoms with van der Waals surface area (Å²) in [6, 6.07) is 5.94. The second-order valence-electron chi connectivity index (χ2n) is 11.8. The maximum Gasteiger partial charge on any atom is 0.410 e. The number of carbonyl (C=O) groups excluding carboxylic acids is 3. The van der Waals surface area contributed by atoms with Crippen molar-refractivity contribution < 1.29 is 37.4 Å². The molecule has 0 aliphatic carbocycles. The highest BCUT2D eigenvalue weighted by atomic mass is 32.2. The van der Waals surface area contributed by atoms with Crippen molar-refractivity contribution in [1.82, 2.24) is 19.4 Å². The van der Waals surface area contributed by atoms with Gasteiger partial charge in [-0.05, 0) is 57.9 Å². The molecule has 12 nitrogen and oxygen atoms in total. The zero-order valence-corrected chi connectivity index (χ0v) is 25.1. The first kappa shape index (κ1) is 32.3. The number of ether oxygens (including phenoxy) is 1. The molecule has 2 N–H and O–H groups in total. The fourth-order valence-corrected chi connectivity index (χ4v) is 6.50. The number of piperidine rings is 1. The lowest BCUT2D eigenvalue weighted by atomic mass is 9.96. The number of sulfonamides is 1. The Bertz CT molecular complexity index is 1190. The van der Waals surface area contributed by atoms with Gasteiger partial charge in [0.05, 0.1) is 12.2 Å². The molecular formula is C28H42N4O8S. The molecule has 3 amide bonds. The molecule has 0 bridgehead atoms. The summed E-state index contributed by atoms with van der Waals surface area (Å²) in [6.07, 6.45) is 1.26. The number of carbonyl (C=O) groups is 4. The molecule has 0 spiro atoms. The summed E-state index contributed by atoms with van der Waals surface area (Å²) in [5, 5.41) is 9.56. The highest BCUT2D eigenvalue weighted by Crippen LogP contribution is 2.22. The first-order chi connectivity index (χ1) is 19.1. The van der Waals surface area contributed by atoms with E-state index in [2.05, 4.69) is 4.72 Å². The molecule has 0 saturated carbocycles. The Labute approximate surface area is 242 Å². The molecule has 0 radical (unpaired) electrons. The molecule has 41 heavy (non-hydrogen) atoms. The molecule has 2 heterocycles. The summed E-state index contributed by atoms with van der Waals surface area (Å²) in [5.74, 6) is -2.60. The summed E-state index contributed by atoms with van der Waals surface area (Å²) in [7, 11) is -2.44. The highest BCUT2D eigenvalue weighted by Gasteiger charge is 2.39. The lowest BCUT2D eigenvalue weighted by Crippen LogP contribution is -2.53. The molecule has 2 atom stereocenters. The third-order valence-electron chi connectivity index (χ3n) is 7.24. The summed E-state index contributed by atoms with van der Waals surface area (Å²) in [6.45, 7) is 6.96. The van der Waals surface area contributed by atoms with Crippen molar-refractivity contribution in [2.45, 2.75) is 76.3 Å². The number of amides is 3. The molecular weight excluding hydrogens is 552 g/mol. The van der Waals surface area contributed by atoms with Crippen LogP contribution in [0.3, 0.4) is 0 Å². The van der Waals surface area contributed by atoms with Gasteiger partial charge in [-0.15, -0.1) is 0 Å². The molecule has 0 aromatic heterocycles. The molecule has 13 heteroatoms. The predicted octanol–water partition coefficient (Wildman–Crippen LogP) is 2.05. The van der Waals surface area contributed by atoms with E-state index in [1.54, 1.807) is 42.3 Å². The molecule has 2 fully saturated rings. The predicted molar refractivity (Wildman–Crippen MR) is 151 cm³/mol. The minimum atomic E-state index is -4.04. The number of aliphatic carboxylic acids is 1. The van der Waals surface area contributed by atoms with Crippen LogP contribution in [0, 0.1) is 5.92 Å². The maximum absolute atomic E-state index is 13.5. The van der Waals surface area contributed by atoms with E-state index in [1.807, 2.05) is 20.8 Å². The second kappa shape index (κ2) is 13.6. The van der Waals surface area contributed by atoms with Gasteiger partial charge in [0.2, 0.25) is 21.8 Å². The van der Waals surface area contributed by atoms with E-state index in [9.17, 15) is 32.7 Å². The Kier molecular flexibility index (Phi) is 10.8. The first-order valence-corrected chi connectivity index (χ1v) is 15.6. The van der Waals surface area contributed by atoms with Gasteiger partial charge in [-0.1, -0.05) is 30.3 Å². The Morgan fingerprint density at radius 1 is 1.07 bits per heavy atom. The second-order valence-corrected chi connectivity index (χ2v) is 13.6. The van der Waals surface area contributed by atoms with Gasteiger partial charge in [-0.2, -0.15) is 0 Å². The van der Waals surface area contributed by atoms with Gasteiger partial charge >= 0.3 is 12.1 Å². The van der Waals surface area contributed by atoms with Gasteiger partial charge in [0.25, 0.3) is 0 Å². The van der Waals surface area contributed by atoms with Crippen molar-refractivity contribution in [3.05, 3.63) is 35.9 Å². The van der Waals surface area contributed by atoms with Gasteiger partial charge in [0, 0.05) is 33.2 Å². The Morgan fingerprint density at radius 2 is 1.71 bits per heavy atom. The number of carboxylic acid groups (broad SMARTS) is 1. The van der Waals surface area contributed by atoms with E-state index >= 15 is 0 Å². The molecule has 2 aliphatic rings. The van der Waals surface area contributed by atoms with Gasteiger partial charge < -0.3 is 24.5 Å². The summed E-state index contributed by atoms with van der Waals surface area (Å²) in [5.41, 5.74) is -0.0755. The van der Waals surface area contributed by atoms with Crippen LogP contribution in [0.1, 0.15) is 58.4 Å². The number of hydrogen-bond acceptors (Lipinski definition) is 7. The lowest BCUT2D eigenvalue weighted by Gasteiger charge is -2.35. The van der Waals surface area contributed by atoms with Crippen molar-refractivity contribution in [2.24, 2.45) is 5.92 Å². The number of nitrogens with zero attached hydrogens (tertiary/aromatic N) is 3. The number of benzene rings is 1. The zero-order valence-electron chi connectivity index (χ0n) is 24.2. The smallest absolute Gasteiger partial charge is 0.410 e. The Hall–Kier alpha value is -3.19. The number of rotatable bonds is 10. The van der Waals surface area contributed by atoms with Crippen molar-refractivity contribution in [1.29, 1.82) is 0 Å². The minimum absolute atomic E-state index is 0.113. The number of nitrogens with one attached hydrogen (secondary N) is 1. The van der Waals surface area contributed by atoms with Crippen LogP contribution < -0.4 is 4.72 Å². The van der Waals surface area contributed by atoms with Crippen LogP contribution in [0.2, 0.25) is 0 Å². The van der Waals surface area contributed by atoms with E-state index in [-0.39, 0.29) is 30.7 Å². The van der Waals surface area contributed by atoms with Gasteiger partial charge in [0.15, 0.2) is 0 Å². The van der Waals surface area contributed by atoms with Crippen LogP contribution in [-0.2, 0) is 34.9 Å². The van der Waals surface area contributed by atoms with E-state index in [0.29, 0.717) is 44.5 Å². The summed E-state index contributed by atoms with van der Waals surface area (Å²) in [4.78, 5) is 55.0. The van der Waals surface area contributed by atoms with Gasteiger partial charge in [-0.25, -0.2) is 22.7 Å². The van der Waals surface area contributed by atoms with E-state index in [0.717, 1.165) is 4.90 Å². The number of carboxylic acids is 1. The number of hydrogen-bond donors (Lipinski definition) is 2. The van der Waals surface area contributed by atoms with Crippen molar-refractivity contribution in [2.75, 3.05) is 33.2 Å². The third kappa shape index (κ3) is 9.70. The van der Waals surface area contributed by atoms with Gasteiger partial charge in [-0.3, -0.25) is 9.59 Å². The molecule has 2 unspecified atom stereocenters. The molecule has 2 aliphatic heterocycles. The Morgan fingerprint density at radius 3 is 2.29 bits per heavy atom. The normalized spacial score (nSPS) is 19.1. The highest BCUT2D eigenvalue weighted by molar-refractivity contribution is 7.88. The SMILES string of the molecule is CN(CC1CCN(C(=O)OC(C)(C)C)CC1)C(=O)CC(NS(=O)(=O)Cc1ccccc1)C(=O)N1CCCC1C(=O)O. The van der Waals surface area contributed by atoms with Crippen LogP contribution in [0.25, 0.3) is 0 Å². The van der Waals surface area contributed by atoms with Crippen LogP contribution >= 0.6 is 0 Å². The standard InChI is InChI=1S/C28H42N4O8S/c1-28(2,3)40-27(37)31-15-12-20(13-16-31)18-30(4)24(33)17-22(25(34)32-14-8-11-23(32)26(35)36)29-41(38,39)19-21-9-6-5-7-10-21/h5-7,9-10,20,22-23,29H,8,11-19H2,1-4H3,(H,35,36). The van der Waals surface area contributed by atoms with Gasteiger partial charge in [0.1, 0.15) is 17.7 Å². The zero-order chi connectivity index (χ0) is 30.4. The van der Waals surface area contributed by atoms with E-state index < -0.39 is 51.9 Å². The van der Waals surface area contributed by atoms with Crippen molar-refractivity contribution >= 4 is 33.9 Å². The monoisotopic (exact) mass is 594 g/mol. The quantitative estimate of drug-likeness (QED) is 0.417. The topological polar surface area (TPSA) is 154 Å². The third-order valence-corrected chi connectivity index (χ3v) is 8.60. The Balaban J connectivity index is 1.65. The molecule has 3 rings (SSSR count). The van der Waals surface area contributed by atoms with Crippen LogP contribution in [0.4, 0.5) is 4.79 Å². The fraction of sp³-hybridized carbons (Fsp3) is 0.643.